The summed E-state index contributed by atoms with van der Waals surface area (Å²) in [5.41, 5.74) is 2.30. The van der Waals surface area contributed by atoms with E-state index in [9.17, 15) is 22.0 Å². The summed E-state index contributed by atoms with van der Waals surface area (Å²) in [5, 5.41) is 7.12. The number of nitrogens with one attached hydrogen (secondary N) is 4. The Balaban J connectivity index is 1.11. The first-order valence-corrected chi connectivity index (χ1v) is 14.8. The predicted octanol–water partition coefficient (Wildman–Crippen LogP) is 4.63. The maximum absolute atomic E-state index is 13.7. The van der Waals surface area contributed by atoms with E-state index in [1.165, 1.54) is 0 Å². The Morgan fingerprint density at radius 2 is 1.85 bits per heavy atom. The van der Waals surface area contributed by atoms with Crippen molar-refractivity contribution in [1.82, 2.24) is 25.0 Å². The van der Waals surface area contributed by atoms with Crippen LogP contribution in [-0.4, -0.2) is 53.7 Å². The molecule has 0 radical (unpaired) electrons. The minimum absolute atomic E-state index is 0.0918. The lowest BCUT2D eigenvalue weighted by Crippen LogP contribution is -2.43. The Labute approximate surface area is 234 Å². The van der Waals surface area contributed by atoms with Crippen LogP contribution in [0.25, 0.3) is 22.2 Å². The highest BCUT2D eigenvalue weighted by molar-refractivity contribution is 7.89. The van der Waals surface area contributed by atoms with Gasteiger partial charge in [-0.05, 0) is 67.6 Å². The summed E-state index contributed by atoms with van der Waals surface area (Å²) >= 11 is 6.33. The van der Waals surface area contributed by atoms with Gasteiger partial charge in [-0.2, -0.15) is 0 Å². The van der Waals surface area contributed by atoms with Gasteiger partial charge in [-0.25, -0.2) is 31.9 Å². The van der Waals surface area contributed by atoms with Gasteiger partial charge in [-0.15, -0.1) is 0 Å². The number of fused-ring (bicyclic) bond motifs is 1. The number of carbonyl (C=O) groups is 1. The number of halogens is 3. The lowest BCUT2D eigenvalue weighted by Gasteiger charge is -2.30. The molecule has 0 saturated heterocycles. The van der Waals surface area contributed by atoms with Gasteiger partial charge in [0, 0.05) is 48.0 Å². The van der Waals surface area contributed by atoms with E-state index in [1.807, 2.05) is 24.4 Å². The quantitative estimate of drug-likeness (QED) is 0.211. The van der Waals surface area contributed by atoms with Crippen molar-refractivity contribution >= 4 is 44.4 Å². The SMILES string of the molecule is O=C(NCCS(=O)(=O)NC1CCC(Nc2cc(-c3c[nH]c4ncccc34)cc(Cl)n2)CC1)c1ccc(F)cc1F. The lowest BCUT2D eigenvalue weighted by molar-refractivity contribution is 0.0952. The van der Waals surface area contributed by atoms with E-state index in [1.54, 1.807) is 12.3 Å². The predicted molar refractivity (Wildman–Crippen MR) is 150 cm³/mol. The van der Waals surface area contributed by atoms with Gasteiger partial charge >= 0.3 is 0 Å². The first-order valence-electron chi connectivity index (χ1n) is 12.8. The van der Waals surface area contributed by atoms with E-state index >= 15 is 0 Å². The largest absolute Gasteiger partial charge is 0.367 e. The molecular formula is C27H27ClF2N6O3S. The second-order valence-electron chi connectivity index (χ2n) is 9.68. The van der Waals surface area contributed by atoms with Gasteiger partial charge in [-0.3, -0.25) is 4.79 Å². The normalized spacial score (nSPS) is 17.6. The van der Waals surface area contributed by atoms with E-state index in [4.69, 9.17) is 11.6 Å². The van der Waals surface area contributed by atoms with Crippen LogP contribution in [0.1, 0.15) is 36.0 Å². The second kappa shape index (κ2) is 11.9. The number of sulfonamides is 1. The summed E-state index contributed by atoms with van der Waals surface area (Å²) in [4.78, 5) is 24.0. The van der Waals surface area contributed by atoms with Gasteiger partial charge in [0.15, 0.2) is 0 Å². The van der Waals surface area contributed by atoms with E-state index in [-0.39, 0.29) is 29.9 Å². The molecule has 9 nitrogen and oxygen atoms in total. The van der Waals surface area contributed by atoms with Crippen LogP contribution in [0.4, 0.5) is 14.6 Å². The number of hydrogen-bond acceptors (Lipinski definition) is 6. The highest BCUT2D eigenvalue weighted by Crippen LogP contribution is 2.31. The van der Waals surface area contributed by atoms with Gasteiger partial charge in [0.25, 0.3) is 5.91 Å². The molecule has 40 heavy (non-hydrogen) atoms. The molecule has 1 aliphatic rings. The van der Waals surface area contributed by atoms with Gasteiger partial charge in [0.05, 0.1) is 11.3 Å². The topological polar surface area (TPSA) is 129 Å². The Hall–Kier alpha value is -3.61. The Kier molecular flexibility index (Phi) is 8.29. The number of nitrogens with zero attached hydrogens (tertiary/aromatic N) is 2. The first kappa shape index (κ1) is 27.9. The molecule has 210 valence electrons. The third kappa shape index (κ3) is 6.75. The smallest absolute Gasteiger partial charge is 0.254 e. The Morgan fingerprint density at radius 1 is 1.07 bits per heavy atom. The summed E-state index contributed by atoms with van der Waals surface area (Å²) < 4.78 is 54.6. The Morgan fingerprint density at radius 3 is 2.62 bits per heavy atom. The van der Waals surface area contributed by atoms with E-state index in [0.29, 0.717) is 42.7 Å². The average Bonchev–Trinajstić information content (AvgIpc) is 3.33. The molecule has 0 atom stereocenters. The number of rotatable bonds is 9. The highest BCUT2D eigenvalue weighted by Gasteiger charge is 2.25. The summed E-state index contributed by atoms with van der Waals surface area (Å²) in [6.07, 6.45) is 6.28. The number of pyridine rings is 2. The molecule has 1 saturated carbocycles. The van der Waals surface area contributed by atoms with Crippen LogP contribution < -0.4 is 15.4 Å². The van der Waals surface area contributed by atoms with E-state index in [0.717, 1.165) is 34.3 Å². The summed E-state index contributed by atoms with van der Waals surface area (Å²) in [5.74, 6) is -2.35. The van der Waals surface area contributed by atoms with Crippen molar-refractivity contribution in [2.75, 3.05) is 17.6 Å². The molecular weight excluding hydrogens is 562 g/mol. The highest BCUT2D eigenvalue weighted by atomic mass is 35.5. The molecule has 4 aromatic rings. The number of aromatic nitrogens is 3. The number of H-pyrrole nitrogens is 1. The number of hydrogen-bond donors (Lipinski definition) is 4. The zero-order valence-electron chi connectivity index (χ0n) is 21.3. The molecule has 1 amide bonds. The van der Waals surface area contributed by atoms with Crippen molar-refractivity contribution in [3.8, 4) is 11.1 Å². The number of carbonyl (C=O) groups excluding carboxylic acids is 1. The minimum atomic E-state index is -3.68. The molecule has 0 spiro atoms. The van der Waals surface area contributed by atoms with Crippen LogP contribution in [0.15, 0.2) is 54.9 Å². The number of amides is 1. The molecule has 5 rings (SSSR count). The standard InChI is InChI=1S/C27H27ClF2N6O3S/c28-24-12-16(22-15-33-26-20(22)2-1-9-31-26)13-25(35-24)34-18-4-6-19(7-5-18)36-40(38,39)11-10-32-27(37)21-8-3-17(29)14-23(21)30/h1-3,8-9,12-15,18-19,36H,4-7,10-11H2,(H,31,33)(H,32,37)(H,34,35). The van der Waals surface area contributed by atoms with Crippen LogP contribution in [-0.2, 0) is 10.0 Å². The minimum Gasteiger partial charge on any atom is -0.367 e. The van der Waals surface area contributed by atoms with Crippen molar-refractivity contribution < 1.29 is 22.0 Å². The zero-order chi connectivity index (χ0) is 28.3. The molecule has 3 heterocycles. The van der Waals surface area contributed by atoms with Crippen molar-refractivity contribution in [2.24, 2.45) is 0 Å². The first-order chi connectivity index (χ1) is 19.2. The van der Waals surface area contributed by atoms with Crippen molar-refractivity contribution in [2.45, 2.75) is 37.8 Å². The van der Waals surface area contributed by atoms with Crippen LogP contribution in [0.5, 0.6) is 0 Å². The number of benzene rings is 1. The third-order valence-corrected chi connectivity index (χ3v) is 8.44. The molecule has 4 N–H and O–H groups in total. The van der Waals surface area contributed by atoms with Crippen molar-refractivity contribution in [1.29, 1.82) is 0 Å². The second-order valence-corrected chi connectivity index (χ2v) is 11.9. The summed E-state index contributed by atoms with van der Waals surface area (Å²) in [6, 6.07) is 10.0. The van der Waals surface area contributed by atoms with Crippen LogP contribution in [0.2, 0.25) is 5.15 Å². The maximum atomic E-state index is 13.7. The third-order valence-electron chi connectivity index (χ3n) is 6.81. The molecule has 0 aliphatic heterocycles. The Bertz CT molecular complexity index is 1640. The van der Waals surface area contributed by atoms with Gasteiger partial charge < -0.3 is 15.6 Å². The van der Waals surface area contributed by atoms with Crippen LogP contribution >= 0.6 is 11.6 Å². The van der Waals surface area contributed by atoms with Crippen LogP contribution in [0, 0.1) is 11.6 Å². The molecule has 3 aromatic heterocycles. The molecule has 0 unspecified atom stereocenters. The molecule has 13 heteroatoms. The molecule has 1 fully saturated rings. The maximum Gasteiger partial charge on any atom is 0.254 e. The van der Waals surface area contributed by atoms with Gasteiger partial charge in [-0.1, -0.05) is 11.6 Å². The van der Waals surface area contributed by atoms with Gasteiger partial charge in [0.1, 0.15) is 28.3 Å². The molecule has 1 aliphatic carbocycles. The van der Waals surface area contributed by atoms with Crippen LogP contribution in [0.3, 0.4) is 0 Å². The van der Waals surface area contributed by atoms with E-state index < -0.39 is 27.6 Å². The fourth-order valence-corrected chi connectivity index (χ4v) is 6.31. The van der Waals surface area contributed by atoms with Crippen molar-refractivity contribution in [3.05, 3.63) is 77.2 Å². The van der Waals surface area contributed by atoms with Gasteiger partial charge in [0.2, 0.25) is 10.0 Å². The lowest BCUT2D eigenvalue weighted by atomic mass is 9.92. The molecule has 1 aromatic carbocycles. The summed E-state index contributed by atoms with van der Waals surface area (Å²) in [7, 11) is -3.68. The van der Waals surface area contributed by atoms with Crippen molar-refractivity contribution in [3.63, 3.8) is 0 Å². The fraction of sp³-hybridized carbons (Fsp3) is 0.296. The summed E-state index contributed by atoms with van der Waals surface area (Å²) in [6.45, 7) is -0.211. The number of aromatic amines is 1. The number of anilines is 1. The van der Waals surface area contributed by atoms with E-state index in [2.05, 4.69) is 30.3 Å². The average molecular weight is 589 g/mol. The zero-order valence-corrected chi connectivity index (χ0v) is 22.8. The molecule has 0 bridgehead atoms. The monoisotopic (exact) mass is 588 g/mol. The fourth-order valence-electron chi connectivity index (χ4n) is 4.87.